The van der Waals surface area contributed by atoms with Crippen molar-refractivity contribution in [3.63, 3.8) is 0 Å². The van der Waals surface area contributed by atoms with Crippen LogP contribution in [-0.2, 0) is 26.2 Å². The van der Waals surface area contributed by atoms with Crippen molar-refractivity contribution in [1.82, 2.24) is 0 Å². The van der Waals surface area contributed by atoms with Gasteiger partial charge < -0.3 is 42.8 Å². The first kappa shape index (κ1) is 56.2. The molecule has 17 heavy (non-hydrogen) atoms. The Morgan fingerprint density at radius 2 is 0.588 bits per heavy atom. The number of phosphoric acid groups is 2. The average molecular weight is 435 g/mol. The van der Waals surface area contributed by atoms with E-state index in [1.807, 2.05) is 0 Å². The molecule has 0 atom stereocenters. The van der Waals surface area contributed by atoms with Gasteiger partial charge in [0.2, 0.25) is 0 Å². The van der Waals surface area contributed by atoms with E-state index in [-0.39, 0.29) is 264 Å². The molecule has 0 aromatic heterocycles. The molecule has 0 aliphatic heterocycles. The van der Waals surface area contributed by atoms with E-state index >= 15 is 0 Å². The summed E-state index contributed by atoms with van der Waals surface area (Å²) in [6.07, 6.45) is 0. The zero-order valence-corrected chi connectivity index (χ0v) is 28.8. The summed E-state index contributed by atoms with van der Waals surface area (Å²) < 4.78 is 17.1. The second-order valence-electron chi connectivity index (χ2n) is 0.894. The summed E-state index contributed by atoms with van der Waals surface area (Å²) in [5.41, 5.74) is 0. The van der Waals surface area contributed by atoms with Crippen molar-refractivity contribution in [3.05, 3.63) is 0 Å². The third-order valence-corrected chi connectivity index (χ3v) is 0. The van der Waals surface area contributed by atoms with Gasteiger partial charge in [-0.25, -0.2) is 0 Å². The first-order valence-corrected chi connectivity index (χ1v) is 4.38. The zero-order valence-electron chi connectivity index (χ0n) is 13.5. The SMILES string of the molecule is O=P([O-])([O-])[O-].O=P([O-])([O-])[O-].[Fe+3].[H-].[H-].[H-].[K+].[K+].[K+].[Na+].[Na+].[Na+]. The van der Waals surface area contributed by atoms with Crippen LogP contribution in [0.15, 0.2) is 0 Å². The fourth-order valence-electron chi connectivity index (χ4n) is 0. The summed E-state index contributed by atoms with van der Waals surface area (Å²) in [6.45, 7) is 0. The van der Waals surface area contributed by atoms with Gasteiger partial charge in [0.1, 0.15) is 0 Å². The maximum atomic E-state index is 8.55. The van der Waals surface area contributed by atoms with Crippen molar-refractivity contribution in [2.45, 2.75) is 0 Å². The minimum Gasteiger partial charge on any atom is -1.00 e. The van der Waals surface area contributed by atoms with Gasteiger partial charge in [0.15, 0.2) is 0 Å². The zero-order chi connectivity index (χ0) is 9.00. The van der Waals surface area contributed by atoms with Gasteiger partial charge in [-0.15, -0.1) is 0 Å². The first-order chi connectivity index (χ1) is 4.00. The van der Waals surface area contributed by atoms with E-state index in [0.29, 0.717) is 0 Å². The van der Waals surface area contributed by atoms with Crippen molar-refractivity contribution in [2.24, 2.45) is 0 Å². The Kier molecular flexibility index (Phi) is 107. The van der Waals surface area contributed by atoms with Crippen LogP contribution in [0.5, 0.6) is 0 Å². The van der Waals surface area contributed by atoms with Gasteiger partial charge in [-0.1, -0.05) is 0 Å². The quantitative estimate of drug-likeness (QED) is 0.267. The second kappa shape index (κ2) is 32.3. The molecule has 8 nitrogen and oxygen atoms in total. The number of rotatable bonds is 0. The molecule has 0 aliphatic rings. The Hall–Kier alpha value is 8.65. The standard InChI is InChI=1S/Fe.3K.3Na.2H3O4P.3H/c;;;;;;;2*1-5(2,3)4;;;/h;;;;;;;2*(H3,1,2,3,4);;;/q+3;6*+1;;;3*-1/p-6. The van der Waals surface area contributed by atoms with Gasteiger partial charge in [-0.2, -0.15) is 15.6 Å². The summed E-state index contributed by atoms with van der Waals surface area (Å²) in [7, 11) is -10.8. The van der Waals surface area contributed by atoms with Gasteiger partial charge >= 0.3 is 260 Å². The average Bonchev–Trinajstić information content (AvgIpc) is 1.12. The second-order valence-corrected chi connectivity index (χ2v) is 2.68. The molecule has 0 saturated heterocycles. The van der Waals surface area contributed by atoms with Crippen LogP contribution in [0.2, 0.25) is 0 Å². The van der Waals surface area contributed by atoms with Gasteiger partial charge in [-0.3, -0.25) is 0 Å². The van der Waals surface area contributed by atoms with Crippen LogP contribution in [-0.4, -0.2) is 0 Å². The van der Waals surface area contributed by atoms with E-state index in [4.69, 9.17) is 38.5 Å². The van der Waals surface area contributed by atoms with Crippen LogP contribution in [0.25, 0.3) is 0 Å². The molecule has 0 heterocycles. The fraction of sp³-hybridized carbons (Fsp3) is 0. The van der Waals surface area contributed by atoms with Crippen LogP contribution in [0.3, 0.4) is 0 Å². The van der Waals surface area contributed by atoms with E-state index in [2.05, 4.69) is 0 Å². The first-order valence-electron chi connectivity index (χ1n) is 1.46. The van der Waals surface area contributed by atoms with Crippen molar-refractivity contribution in [2.75, 3.05) is 0 Å². The van der Waals surface area contributed by atoms with Crippen molar-refractivity contribution >= 4 is 15.6 Å². The van der Waals surface area contributed by atoms with Crippen LogP contribution < -0.4 is 272 Å². The molecule has 1 radical (unpaired) electrons. The van der Waals surface area contributed by atoms with E-state index in [1.165, 1.54) is 0 Å². The fourth-order valence-corrected chi connectivity index (χ4v) is 0. The van der Waals surface area contributed by atoms with Crippen LogP contribution in [0, 0.1) is 0 Å². The van der Waals surface area contributed by atoms with Crippen LogP contribution in [0.1, 0.15) is 4.28 Å². The summed E-state index contributed by atoms with van der Waals surface area (Å²) in [6, 6.07) is 0. The molecule has 0 bridgehead atoms. The minimum atomic E-state index is -5.39. The van der Waals surface area contributed by atoms with Gasteiger partial charge in [0, 0.05) is 0 Å². The molecule has 0 fully saturated rings. The van der Waals surface area contributed by atoms with Crippen molar-refractivity contribution < 1.29 is 303 Å². The molecule has 0 spiro atoms. The van der Waals surface area contributed by atoms with Crippen LogP contribution >= 0.6 is 15.6 Å². The molecule has 0 aromatic rings. The molecular weight excluding hydrogens is 432 g/mol. The Labute approximate surface area is 308 Å². The Balaban J connectivity index is -0.00000000427. The van der Waals surface area contributed by atoms with Gasteiger partial charge in [-0.05, 0) is 0 Å². The molecule has 75 valence electrons. The summed E-state index contributed by atoms with van der Waals surface area (Å²) >= 11 is 0. The van der Waals surface area contributed by atoms with Gasteiger partial charge in [0.25, 0.3) is 0 Å². The molecular formula is H3FeK3Na3O8P2. The number of hydrogen-bond acceptors (Lipinski definition) is 8. The van der Waals surface area contributed by atoms with Crippen LogP contribution in [0.4, 0.5) is 0 Å². The normalized spacial score (nSPS) is 6.94. The van der Waals surface area contributed by atoms with Crippen molar-refractivity contribution in [1.29, 1.82) is 0 Å². The Bertz CT molecular complexity index is 159. The largest absolute Gasteiger partial charge is 3.00 e. The third-order valence-electron chi connectivity index (χ3n) is 0. The van der Waals surface area contributed by atoms with E-state index in [0.717, 1.165) is 0 Å². The van der Waals surface area contributed by atoms with E-state index < -0.39 is 15.6 Å². The molecule has 0 unspecified atom stereocenters. The molecule has 0 N–H and O–H groups in total. The predicted octanol–water partition coefficient (Wildman–Crippen LogP) is -23.3. The molecule has 17 heteroatoms. The van der Waals surface area contributed by atoms with E-state index in [1.54, 1.807) is 0 Å². The van der Waals surface area contributed by atoms with E-state index in [9.17, 15) is 0 Å². The molecule has 0 amide bonds. The maximum Gasteiger partial charge on any atom is 3.00 e. The monoisotopic (exact) mass is 435 g/mol. The smallest absolute Gasteiger partial charge is 1.00 e. The maximum absolute atomic E-state index is 8.55. The molecule has 0 rings (SSSR count). The minimum absolute atomic E-state index is 0. The summed E-state index contributed by atoms with van der Waals surface area (Å²) in [4.78, 5) is 51.3. The van der Waals surface area contributed by atoms with Gasteiger partial charge in [0.05, 0.1) is 0 Å². The summed E-state index contributed by atoms with van der Waals surface area (Å²) in [5, 5.41) is 0. The van der Waals surface area contributed by atoms with Crippen molar-refractivity contribution in [3.8, 4) is 0 Å². The Morgan fingerprint density at radius 3 is 0.588 bits per heavy atom. The number of hydrogen-bond donors (Lipinski definition) is 0. The summed E-state index contributed by atoms with van der Waals surface area (Å²) in [5.74, 6) is 0. The molecule has 0 aromatic carbocycles. The topological polar surface area (TPSA) is 172 Å². The predicted molar refractivity (Wildman–Crippen MR) is 18.5 cm³/mol. The third kappa shape index (κ3) is 169. The Morgan fingerprint density at radius 1 is 0.588 bits per heavy atom. The molecule has 0 saturated carbocycles. The molecule has 0 aliphatic carbocycles.